The van der Waals surface area contributed by atoms with Crippen LogP contribution in [0.2, 0.25) is 0 Å². The molecule has 0 spiro atoms. The van der Waals surface area contributed by atoms with Gasteiger partial charge in [-0.15, -0.1) is 5.10 Å². The Morgan fingerprint density at radius 1 is 1.07 bits per heavy atom. The number of aromatic nitrogens is 5. The van der Waals surface area contributed by atoms with Crippen LogP contribution in [0.4, 0.5) is 4.79 Å². The standard InChI is InChI=1S/C29H35N7O4/c1-29(2,3)40-28(39)36-20(10-12-24(36)26(37)19-7-5-4-6-8-19)13-18-9-11-23(30-14-18)27(38)34-15-21-22(16-34)25(21)35-17-31-32-33-35/h4-9,11,14,17,20-22,24-26,37H,10,12-13,15-16H2,1-3H3/t20-,21-,22+,24+,25?,26+/m0/s1. The molecule has 4 heterocycles. The first-order chi connectivity index (χ1) is 19.2. The summed E-state index contributed by atoms with van der Waals surface area (Å²) >= 11 is 0. The molecule has 3 aliphatic rings. The molecule has 1 N–H and O–H groups in total. The van der Waals surface area contributed by atoms with E-state index in [1.165, 1.54) is 0 Å². The molecule has 11 heteroatoms. The van der Waals surface area contributed by atoms with Gasteiger partial charge in [-0.05, 0) is 67.7 Å². The van der Waals surface area contributed by atoms with E-state index in [-0.39, 0.29) is 18.0 Å². The van der Waals surface area contributed by atoms with Gasteiger partial charge in [0.25, 0.3) is 5.91 Å². The van der Waals surface area contributed by atoms with Gasteiger partial charge in [0.15, 0.2) is 0 Å². The fraction of sp³-hybridized carbons (Fsp3) is 0.517. The molecule has 40 heavy (non-hydrogen) atoms. The largest absolute Gasteiger partial charge is 0.444 e. The summed E-state index contributed by atoms with van der Waals surface area (Å²) in [6, 6.07) is 12.8. The number of benzene rings is 1. The van der Waals surface area contributed by atoms with Crippen molar-refractivity contribution in [1.82, 2.24) is 35.0 Å². The summed E-state index contributed by atoms with van der Waals surface area (Å²) in [4.78, 5) is 34.5. The fourth-order valence-corrected chi connectivity index (χ4v) is 6.36. The summed E-state index contributed by atoms with van der Waals surface area (Å²) in [6.07, 6.45) is 4.06. The van der Waals surface area contributed by atoms with Crippen LogP contribution in [0.5, 0.6) is 0 Å². The number of hydrogen-bond acceptors (Lipinski definition) is 8. The number of aliphatic hydroxyl groups excluding tert-OH is 1. The first kappa shape index (κ1) is 26.4. The maximum Gasteiger partial charge on any atom is 0.410 e. The van der Waals surface area contributed by atoms with E-state index in [0.29, 0.717) is 43.5 Å². The lowest BCUT2D eigenvalue weighted by molar-refractivity contribution is -0.00454. The van der Waals surface area contributed by atoms with E-state index in [1.54, 1.807) is 28.2 Å². The molecule has 6 rings (SSSR count). The average Bonchev–Trinajstić information content (AvgIpc) is 3.42. The SMILES string of the molecule is CC(C)(C)OC(=O)N1[C@H](Cc2ccc(C(=O)N3C[C@@H]4C(n5cnnn5)[C@@H]4C3)nc2)CC[C@@H]1[C@H](O)c1ccccc1. The van der Waals surface area contributed by atoms with Gasteiger partial charge >= 0.3 is 6.09 Å². The van der Waals surface area contributed by atoms with Crippen LogP contribution in [0.3, 0.4) is 0 Å². The molecule has 1 aliphatic carbocycles. The van der Waals surface area contributed by atoms with Crippen LogP contribution in [0.25, 0.3) is 0 Å². The number of pyridine rings is 1. The summed E-state index contributed by atoms with van der Waals surface area (Å²) < 4.78 is 7.54. The molecule has 0 radical (unpaired) electrons. The lowest BCUT2D eigenvalue weighted by atomic mass is 10.0. The van der Waals surface area contributed by atoms with Gasteiger partial charge in [0.2, 0.25) is 0 Å². The van der Waals surface area contributed by atoms with E-state index >= 15 is 0 Å². The molecule has 2 saturated heterocycles. The maximum absolute atomic E-state index is 13.3. The van der Waals surface area contributed by atoms with Crippen molar-refractivity contribution < 1.29 is 19.4 Å². The van der Waals surface area contributed by atoms with E-state index in [1.807, 2.05) is 62.1 Å². The number of piperidine rings is 1. The average molecular weight is 546 g/mol. The minimum absolute atomic E-state index is 0.0727. The third kappa shape index (κ3) is 5.17. The van der Waals surface area contributed by atoms with Crippen molar-refractivity contribution in [2.24, 2.45) is 11.8 Å². The summed E-state index contributed by atoms with van der Waals surface area (Å²) in [7, 11) is 0. The number of rotatable bonds is 6. The highest BCUT2D eigenvalue weighted by Crippen LogP contribution is 2.54. The van der Waals surface area contributed by atoms with Gasteiger partial charge in [-0.3, -0.25) is 14.7 Å². The van der Waals surface area contributed by atoms with Crippen LogP contribution in [0, 0.1) is 11.8 Å². The van der Waals surface area contributed by atoms with Crippen molar-refractivity contribution in [2.45, 2.75) is 69.9 Å². The number of aliphatic hydroxyl groups is 1. The van der Waals surface area contributed by atoms with E-state index in [4.69, 9.17) is 4.74 Å². The number of carbonyl (C=O) groups is 2. The van der Waals surface area contributed by atoms with Crippen LogP contribution in [0.1, 0.15) is 67.4 Å². The maximum atomic E-state index is 13.3. The molecule has 1 saturated carbocycles. The second-order valence-electron chi connectivity index (χ2n) is 12.1. The van der Waals surface area contributed by atoms with Gasteiger partial charge in [0.05, 0.1) is 18.2 Å². The second kappa shape index (κ2) is 10.3. The van der Waals surface area contributed by atoms with Crippen LogP contribution in [0.15, 0.2) is 55.0 Å². The summed E-state index contributed by atoms with van der Waals surface area (Å²) in [5.74, 6) is 0.690. The van der Waals surface area contributed by atoms with Crippen molar-refractivity contribution in [2.75, 3.05) is 13.1 Å². The van der Waals surface area contributed by atoms with Gasteiger partial charge < -0.3 is 14.7 Å². The minimum atomic E-state index is -0.816. The Bertz CT molecular complexity index is 1330. The van der Waals surface area contributed by atoms with Gasteiger partial charge in [0, 0.05) is 37.2 Å². The number of amides is 2. The Labute approximate surface area is 233 Å². The van der Waals surface area contributed by atoms with Crippen molar-refractivity contribution in [1.29, 1.82) is 0 Å². The van der Waals surface area contributed by atoms with Crippen molar-refractivity contribution in [3.05, 3.63) is 71.8 Å². The third-order valence-corrected chi connectivity index (χ3v) is 8.28. The smallest absolute Gasteiger partial charge is 0.410 e. The first-order valence-corrected chi connectivity index (χ1v) is 13.9. The zero-order chi connectivity index (χ0) is 28.0. The Balaban J connectivity index is 1.12. The van der Waals surface area contributed by atoms with Crippen LogP contribution < -0.4 is 0 Å². The molecule has 1 unspecified atom stereocenters. The Morgan fingerprint density at radius 2 is 1.82 bits per heavy atom. The van der Waals surface area contributed by atoms with Crippen LogP contribution in [-0.4, -0.2) is 82.9 Å². The number of carbonyl (C=O) groups excluding carboxylic acids is 2. The molecule has 2 aliphatic heterocycles. The van der Waals surface area contributed by atoms with Crippen LogP contribution in [-0.2, 0) is 11.2 Å². The van der Waals surface area contributed by atoms with E-state index < -0.39 is 23.8 Å². The Morgan fingerprint density at radius 3 is 2.45 bits per heavy atom. The predicted molar refractivity (Wildman–Crippen MR) is 144 cm³/mol. The predicted octanol–water partition coefficient (Wildman–Crippen LogP) is 3.06. The van der Waals surface area contributed by atoms with E-state index in [0.717, 1.165) is 17.5 Å². The summed E-state index contributed by atoms with van der Waals surface area (Å²) in [6.45, 7) is 6.88. The molecule has 2 aromatic heterocycles. The zero-order valence-electron chi connectivity index (χ0n) is 23.0. The number of hydrogen-bond donors (Lipinski definition) is 1. The Kier molecular flexibility index (Phi) is 6.77. The van der Waals surface area contributed by atoms with Gasteiger partial charge in [0.1, 0.15) is 17.6 Å². The van der Waals surface area contributed by atoms with Gasteiger partial charge in [-0.2, -0.15) is 0 Å². The number of nitrogens with zero attached hydrogens (tertiary/aromatic N) is 7. The molecule has 6 atom stereocenters. The number of likely N-dealkylation sites (tertiary alicyclic amines) is 2. The molecular weight excluding hydrogens is 510 g/mol. The first-order valence-electron chi connectivity index (χ1n) is 13.9. The fourth-order valence-electron chi connectivity index (χ4n) is 6.36. The number of tetrazole rings is 1. The number of fused-ring (bicyclic) bond motifs is 1. The molecule has 1 aromatic carbocycles. The van der Waals surface area contributed by atoms with Gasteiger partial charge in [-0.1, -0.05) is 36.4 Å². The monoisotopic (exact) mass is 545 g/mol. The molecule has 0 bridgehead atoms. The Hall–Kier alpha value is -3.86. The van der Waals surface area contributed by atoms with Crippen molar-refractivity contribution in [3.63, 3.8) is 0 Å². The molecule has 3 fully saturated rings. The molecule has 3 aromatic rings. The van der Waals surface area contributed by atoms with Crippen molar-refractivity contribution >= 4 is 12.0 Å². The molecule has 11 nitrogen and oxygen atoms in total. The highest BCUT2D eigenvalue weighted by molar-refractivity contribution is 5.92. The highest BCUT2D eigenvalue weighted by atomic mass is 16.6. The second-order valence-corrected chi connectivity index (χ2v) is 12.1. The zero-order valence-corrected chi connectivity index (χ0v) is 23.0. The lowest BCUT2D eigenvalue weighted by Crippen LogP contribution is -2.47. The van der Waals surface area contributed by atoms with E-state index in [9.17, 15) is 14.7 Å². The topological polar surface area (TPSA) is 127 Å². The summed E-state index contributed by atoms with van der Waals surface area (Å²) in [5.41, 5.74) is 1.46. The number of ether oxygens (including phenoxy) is 1. The van der Waals surface area contributed by atoms with Crippen molar-refractivity contribution in [3.8, 4) is 0 Å². The quantitative estimate of drug-likeness (QED) is 0.501. The lowest BCUT2D eigenvalue weighted by Gasteiger charge is -2.34. The molecular formula is C29H35N7O4. The van der Waals surface area contributed by atoms with Gasteiger partial charge in [-0.25, -0.2) is 9.48 Å². The minimum Gasteiger partial charge on any atom is -0.444 e. The molecule has 2 amide bonds. The normalized spacial score (nSPS) is 26.4. The van der Waals surface area contributed by atoms with Crippen LogP contribution >= 0.6 is 0 Å². The highest BCUT2D eigenvalue weighted by Gasteiger charge is 2.58. The van der Waals surface area contributed by atoms with E-state index in [2.05, 4.69) is 20.5 Å². The summed E-state index contributed by atoms with van der Waals surface area (Å²) in [5, 5.41) is 22.6. The molecule has 210 valence electrons. The third-order valence-electron chi connectivity index (χ3n) is 8.28.